The van der Waals surface area contributed by atoms with Crippen LogP contribution < -0.4 is 10.5 Å². The van der Waals surface area contributed by atoms with Gasteiger partial charge in [0.05, 0.1) is 6.54 Å². The zero-order valence-corrected chi connectivity index (χ0v) is 14.9. The number of benzene rings is 1. The molecule has 0 unspecified atom stereocenters. The Morgan fingerprint density at radius 2 is 2.00 bits per heavy atom. The number of pyridine rings is 1. The van der Waals surface area contributed by atoms with E-state index in [4.69, 9.17) is 4.42 Å². The number of aryl methyl sites for hydroxylation is 1. The lowest BCUT2D eigenvalue weighted by molar-refractivity contribution is -0.139. The third-order valence-corrected chi connectivity index (χ3v) is 4.88. The molecule has 0 bridgehead atoms. The van der Waals surface area contributed by atoms with Crippen LogP contribution in [0.3, 0.4) is 0 Å². The van der Waals surface area contributed by atoms with Crippen molar-refractivity contribution >= 4 is 22.9 Å². The van der Waals surface area contributed by atoms with Crippen LogP contribution in [0.2, 0.25) is 0 Å². The van der Waals surface area contributed by atoms with Crippen molar-refractivity contribution in [3.8, 4) is 11.1 Å². The van der Waals surface area contributed by atoms with Crippen LogP contribution in [-0.2, 0) is 4.79 Å². The van der Waals surface area contributed by atoms with Crippen molar-refractivity contribution in [1.82, 2.24) is 4.98 Å². The van der Waals surface area contributed by atoms with Crippen LogP contribution in [0, 0.1) is 6.92 Å². The van der Waals surface area contributed by atoms with E-state index in [0.29, 0.717) is 10.9 Å². The van der Waals surface area contributed by atoms with E-state index in [1.54, 1.807) is 6.07 Å². The van der Waals surface area contributed by atoms with Crippen LogP contribution in [0.4, 0.5) is 14.6 Å². The molecule has 1 aromatic carbocycles. The molecule has 0 saturated carbocycles. The van der Waals surface area contributed by atoms with Gasteiger partial charge in [0.1, 0.15) is 11.9 Å². The number of carboxylic acids is 1. The van der Waals surface area contributed by atoms with E-state index in [1.165, 1.54) is 12.1 Å². The normalized spacial score (nSPS) is 18.5. The van der Waals surface area contributed by atoms with Crippen LogP contribution in [0.5, 0.6) is 0 Å². The standard InChI is InChI=1S/C20H16F2N2O4/c1-11-4-2-3-5-12(11)14-8-17(25)28-18-13(14)6-7-16(23-18)24-10-20(21,22)9-15(24)19(26)27/h2-8,15H,9-10H2,1H3,(H,26,27)/t15-/m1/s1. The van der Waals surface area contributed by atoms with E-state index >= 15 is 0 Å². The van der Waals surface area contributed by atoms with Gasteiger partial charge in [0.25, 0.3) is 5.92 Å². The topological polar surface area (TPSA) is 83.6 Å². The van der Waals surface area contributed by atoms with Crippen molar-refractivity contribution in [1.29, 1.82) is 0 Å². The summed E-state index contributed by atoms with van der Waals surface area (Å²) >= 11 is 0. The molecule has 1 aliphatic rings. The summed E-state index contributed by atoms with van der Waals surface area (Å²) in [7, 11) is 0. The van der Waals surface area contributed by atoms with Gasteiger partial charge in [0.15, 0.2) is 0 Å². The molecule has 0 radical (unpaired) electrons. The molecule has 144 valence electrons. The third kappa shape index (κ3) is 3.11. The second-order valence-electron chi connectivity index (χ2n) is 6.86. The Balaban J connectivity index is 1.86. The number of carboxylic acid groups (broad SMARTS) is 1. The van der Waals surface area contributed by atoms with E-state index in [1.807, 2.05) is 31.2 Å². The fraction of sp³-hybridized carbons (Fsp3) is 0.250. The highest BCUT2D eigenvalue weighted by Gasteiger charge is 2.48. The summed E-state index contributed by atoms with van der Waals surface area (Å²) in [6.45, 7) is 1.14. The maximum absolute atomic E-state index is 13.8. The lowest BCUT2D eigenvalue weighted by Crippen LogP contribution is -2.36. The molecular formula is C20H16F2N2O4. The number of aromatic nitrogens is 1. The fourth-order valence-corrected chi connectivity index (χ4v) is 3.57. The van der Waals surface area contributed by atoms with E-state index < -0.39 is 36.5 Å². The van der Waals surface area contributed by atoms with Gasteiger partial charge in [-0.2, -0.15) is 4.98 Å². The second kappa shape index (κ2) is 6.40. The number of carbonyl (C=O) groups is 1. The Hall–Kier alpha value is -3.29. The Labute approximate surface area is 158 Å². The minimum absolute atomic E-state index is 0.0254. The largest absolute Gasteiger partial charge is 0.480 e. The van der Waals surface area contributed by atoms with Gasteiger partial charge in [-0.3, -0.25) is 0 Å². The number of alkyl halides is 2. The van der Waals surface area contributed by atoms with Crippen LogP contribution >= 0.6 is 0 Å². The van der Waals surface area contributed by atoms with Crippen molar-refractivity contribution in [2.24, 2.45) is 0 Å². The quantitative estimate of drug-likeness (QED) is 0.742. The zero-order chi connectivity index (χ0) is 20.1. The number of aliphatic carboxylic acids is 1. The molecule has 28 heavy (non-hydrogen) atoms. The van der Waals surface area contributed by atoms with Crippen molar-refractivity contribution in [2.45, 2.75) is 25.3 Å². The molecule has 1 N–H and O–H groups in total. The predicted molar refractivity (Wildman–Crippen MR) is 98.8 cm³/mol. The summed E-state index contributed by atoms with van der Waals surface area (Å²) in [4.78, 5) is 28.7. The van der Waals surface area contributed by atoms with Crippen LogP contribution in [0.1, 0.15) is 12.0 Å². The van der Waals surface area contributed by atoms with Gasteiger partial charge in [-0.05, 0) is 30.2 Å². The number of halogens is 2. The summed E-state index contributed by atoms with van der Waals surface area (Å²) in [5, 5.41) is 9.82. The Bertz CT molecular complexity index is 1140. The SMILES string of the molecule is Cc1ccccc1-c1cc(=O)oc2nc(N3CC(F)(F)C[C@@H]3C(=O)O)ccc12. The van der Waals surface area contributed by atoms with Gasteiger partial charge in [0.2, 0.25) is 5.71 Å². The number of fused-ring (bicyclic) bond motifs is 1. The first-order valence-electron chi connectivity index (χ1n) is 8.63. The third-order valence-electron chi connectivity index (χ3n) is 4.88. The molecule has 3 heterocycles. The predicted octanol–water partition coefficient (Wildman–Crippen LogP) is 3.46. The number of nitrogens with zero attached hydrogens (tertiary/aromatic N) is 2. The van der Waals surface area contributed by atoms with Gasteiger partial charge in [-0.1, -0.05) is 24.3 Å². The van der Waals surface area contributed by atoms with Crippen LogP contribution in [0.25, 0.3) is 22.2 Å². The zero-order valence-electron chi connectivity index (χ0n) is 14.9. The first-order chi connectivity index (χ1) is 13.2. The molecule has 0 spiro atoms. The second-order valence-corrected chi connectivity index (χ2v) is 6.86. The van der Waals surface area contributed by atoms with Gasteiger partial charge in [-0.25, -0.2) is 18.4 Å². The molecule has 1 saturated heterocycles. The van der Waals surface area contributed by atoms with Gasteiger partial charge >= 0.3 is 11.6 Å². The van der Waals surface area contributed by atoms with Crippen molar-refractivity contribution in [3.05, 3.63) is 58.4 Å². The first kappa shape index (κ1) is 18.1. The molecule has 4 rings (SSSR count). The molecule has 0 amide bonds. The molecule has 6 nitrogen and oxygen atoms in total. The molecule has 2 aromatic heterocycles. The van der Waals surface area contributed by atoms with Crippen molar-refractivity contribution in [2.75, 3.05) is 11.4 Å². The Morgan fingerprint density at radius 1 is 1.25 bits per heavy atom. The highest BCUT2D eigenvalue weighted by atomic mass is 19.3. The highest BCUT2D eigenvalue weighted by molar-refractivity contribution is 5.93. The molecule has 3 aromatic rings. The summed E-state index contributed by atoms with van der Waals surface area (Å²) in [6.07, 6.45) is -0.796. The lowest BCUT2D eigenvalue weighted by atomic mass is 9.99. The Morgan fingerprint density at radius 3 is 2.71 bits per heavy atom. The summed E-state index contributed by atoms with van der Waals surface area (Å²) in [6, 6.07) is 10.5. The Kier molecular flexibility index (Phi) is 4.14. The average Bonchev–Trinajstić information content (AvgIpc) is 2.97. The number of hydrogen-bond donors (Lipinski definition) is 1. The van der Waals surface area contributed by atoms with E-state index in [9.17, 15) is 23.5 Å². The van der Waals surface area contributed by atoms with Gasteiger partial charge in [0, 0.05) is 23.4 Å². The minimum Gasteiger partial charge on any atom is -0.480 e. The fourth-order valence-electron chi connectivity index (χ4n) is 3.57. The van der Waals surface area contributed by atoms with E-state index in [0.717, 1.165) is 16.0 Å². The molecule has 8 heteroatoms. The molecule has 1 atom stereocenters. The molecular weight excluding hydrogens is 370 g/mol. The van der Waals surface area contributed by atoms with Crippen LogP contribution in [-0.4, -0.2) is 34.6 Å². The monoisotopic (exact) mass is 386 g/mol. The van der Waals surface area contributed by atoms with Crippen molar-refractivity contribution < 1.29 is 23.1 Å². The smallest absolute Gasteiger partial charge is 0.338 e. The average molecular weight is 386 g/mol. The summed E-state index contributed by atoms with van der Waals surface area (Å²) in [5.41, 5.74) is 1.74. The van der Waals surface area contributed by atoms with Gasteiger partial charge in [-0.15, -0.1) is 0 Å². The van der Waals surface area contributed by atoms with Crippen LogP contribution in [0.15, 0.2) is 51.7 Å². The van der Waals surface area contributed by atoms with Crippen molar-refractivity contribution in [3.63, 3.8) is 0 Å². The molecule has 1 aliphatic heterocycles. The highest BCUT2D eigenvalue weighted by Crippen LogP contribution is 2.36. The minimum atomic E-state index is -3.14. The molecule has 1 fully saturated rings. The lowest BCUT2D eigenvalue weighted by Gasteiger charge is -2.22. The maximum atomic E-state index is 13.8. The summed E-state index contributed by atoms with van der Waals surface area (Å²) < 4.78 is 32.8. The van der Waals surface area contributed by atoms with E-state index in [-0.39, 0.29) is 11.5 Å². The van der Waals surface area contributed by atoms with Gasteiger partial charge < -0.3 is 14.4 Å². The molecule has 0 aliphatic carbocycles. The number of rotatable bonds is 3. The number of anilines is 1. The first-order valence-corrected chi connectivity index (χ1v) is 8.63. The maximum Gasteiger partial charge on any atom is 0.338 e. The van der Waals surface area contributed by atoms with E-state index in [2.05, 4.69) is 4.98 Å². The summed E-state index contributed by atoms with van der Waals surface area (Å²) in [5.74, 6) is -4.46. The number of hydrogen-bond acceptors (Lipinski definition) is 5.